The number of methoxy groups -OCH3 is 1. The second kappa shape index (κ2) is 8.08. The Kier molecular flexibility index (Phi) is 5.52. The molecule has 0 radical (unpaired) electrons. The molecule has 6 nitrogen and oxygen atoms in total. The van der Waals surface area contributed by atoms with Crippen LogP contribution in [0.4, 0.5) is 0 Å². The summed E-state index contributed by atoms with van der Waals surface area (Å²) in [6.07, 6.45) is 5.11. The van der Waals surface area contributed by atoms with Crippen LogP contribution in [-0.2, 0) is 10.0 Å². The van der Waals surface area contributed by atoms with E-state index in [1.165, 1.54) is 6.42 Å². The van der Waals surface area contributed by atoms with Crippen molar-refractivity contribution in [1.82, 2.24) is 14.9 Å². The van der Waals surface area contributed by atoms with E-state index in [0.717, 1.165) is 36.5 Å². The Hall–Kier alpha value is -2.51. The van der Waals surface area contributed by atoms with Crippen LogP contribution in [0, 0.1) is 6.92 Å². The third-order valence-corrected chi connectivity index (χ3v) is 7.19. The maximum atomic E-state index is 13.1. The molecule has 1 aliphatic rings. The fraction of sp³-hybridized carbons (Fsp3) is 0.364. The fourth-order valence-corrected chi connectivity index (χ4v) is 5.56. The van der Waals surface area contributed by atoms with E-state index in [-0.39, 0.29) is 6.04 Å². The van der Waals surface area contributed by atoms with E-state index >= 15 is 0 Å². The molecule has 1 heterocycles. The molecule has 152 valence electrons. The first-order valence-corrected chi connectivity index (χ1v) is 11.4. The second-order valence-electron chi connectivity index (χ2n) is 7.54. The van der Waals surface area contributed by atoms with Gasteiger partial charge < -0.3 is 4.74 Å². The van der Waals surface area contributed by atoms with Crippen molar-refractivity contribution >= 4 is 20.8 Å². The van der Waals surface area contributed by atoms with Crippen LogP contribution in [0.2, 0.25) is 0 Å². The van der Waals surface area contributed by atoms with Crippen LogP contribution in [0.1, 0.15) is 37.7 Å². The first kappa shape index (κ1) is 19.8. The maximum absolute atomic E-state index is 13.1. The molecule has 0 unspecified atom stereocenters. The zero-order valence-corrected chi connectivity index (χ0v) is 17.5. The number of nitrogens with zero attached hydrogens (tertiary/aromatic N) is 2. The summed E-state index contributed by atoms with van der Waals surface area (Å²) in [5.41, 5.74) is 2.06. The SMILES string of the molecule is COc1nnc(-c2ccc(C)c(S(=O)(=O)NC3CCCCC3)c2)c2ccccc12. The summed E-state index contributed by atoms with van der Waals surface area (Å²) >= 11 is 0. The lowest BCUT2D eigenvalue weighted by Crippen LogP contribution is -2.36. The summed E-state index contributed by atoms with van der Waals surface area (Å²) in [5.74, 6) is 0.447. The van der Waals surface area contributed by atoms with Crippen LogP contribution in [0.25, 0.3) is 22.0 Å². The molecule has 0 saturated heterocycles. The van der Waals surface area contributed by atoms with E-state index in [4.69, 9.17) is 4.74 Å². The number of fused-ring (bicyclic) bond motifs is 1. The molecule has 29 heavy (non-hydrogen) atoms. The molecule has 1 N–H and O–H groups in total. The van der Waals surface area contributed by atoms with Crippen molar-refractivity contribution in [3.05, 3.63) is 48.0 Å². The van der Waals surface area contributed by atoms with Gasteiger partial charge in [-0.2, -0.15) is 0 Å². The minimum absolute atomic E-state index is 0.0124. The fourth-order valence-electron chi connectivity index (χ4n) is 3.98. The number of sulfonamides is 1. The number of rotatable bonds is 5. The van der Waals surface area contributed by atoms with Crippen molar-refractivity contribution in [3.63, 3.8) is 0 Å². The van der Waals surface area contributed by atoms with Crippen molar-refractivity contribution in [1.29, 1.82) is 0 Å². The lowest BCUT2D eigenvalue weighted by atomic mass is 9.96. The first-order valence-electron chi connectivity index (χ1n) is 9.92. The molecule has 0 aliphatic heterocycles. The molecule has 3 aromatic rings. The molecule has 0 spiro atoms. The highest BCUT2D eigenvalue weighted by atomic mass is 32.2. The number of benzene rings is 2. The minimum atomic E-state index is -3.61. The third kappa shape index (κ3) is 3.97. The lowest BCUT2D eigenvalue weighted by Gasteiger charge is -2.23. The van der Waals surface area contributed by atoms with E-state index in [0.29, 0.717) is 27.6 Å². The smallest absolute Gasteiger partial charge is 0.241 e. The number of ether oxygens (including phenoxy) is 1. The Bertz CT molecular complexity index is 1140. The number of nitrogens with one attached hydrogen (secondary N) is 1. The van der Waals surface area contributed by atoms with Crippen LogP contribution in [0.5, 0.6) is 5.88 Å². The topological polar surface area (TPSA) is 81.2 Å². The number of aromatic nitrogens is 2. The quantitative estimate of drug-likeness (QED) is 0.680. The molecule has 4 rings (SSSR count). The van der Waals surface area contributed by atoms with Gasteiger partial charge in [0.1, 0.15) is 5.69 Å². The van der Waals surface area contributed by atoms with Gasteiger partial charge in [-0.15, -0.1) is 10.2 Å². The van der Waals surface area contributed by atoms with E-state index in [1.807, 2.05) is 43.3 Å². The molecule has 1 fully saturated rings. The normalized spacial score (nSPS) is 15.5. The predicted molar refractivity (Wildman–Crippen MR) is 113 cm³/mol. The monoisotopic (exact) mass is 411 g/mol. The summed E-state index contributed by atoms with van der Waals surface area (Å²) in [7, 11) is -2.05. The predicted octanol–water partition coefficient (Wildman–Crippen LogP) is 4.22. The highest BCUT2D eigenvalue weighted by Crippen LogP contribution is 2.32. The Balaban J connectivity index is 1.77. The van der Waals surface area contributed by atoms with Gasteiger partial charge >= 0.3 is 0 Å². The summed E-state index contributed by atoms with van der Waals surface area (Å²) < 4.78 is 34.4. The molecule has 0 bridgehead atoms. The molecule has 1 saturated carbocycles. The Morgan fingerprint density at radius 3 is 2.45 bits per heavy atom. The molecule has 1 aromatic heterocycles. The maximum Gasteiger partial charge on any atom is 0.241 e. The second-order valence-corrected chi connectivity index (χ2v) is 9.22. The van der Waals surface area contributed by atoms with Crippen LogP contribution in [0.3, 0.4) is 0 Å². The average Bonchev–Trinajstić information content (AvgIpc) is 2.73. The summed E-state index contributed by atoms with van der Waals surface area (Å²) in [6.45, 7) is 1.82. The summed E-state index contributed by atoms with van der Waals surface area (Å²) in [4.78, 5) is 0.294. The standard InChI is InChI=1S/C22H25N3O3S/c1-15-12-13-16(14-20(15)29(26,27)25-17-8-4-3-5-9-17)21-18-10-6-7-11-19(18)22(28-2)24-23-21/h6-7,10-14,17,25H,3-5,8-9H2,1-2H3. The van der Waals surface area contributed by atoms with Gasteiger partial charge in [-0.3, -0.25) is 0 Å². The highest BCUT2D eigenvalue weighted by molar-refractivity contribution is 7.89. The van der Waals surface area contributed by atoms with Gasteiger partial charge in [0.2, 0.25) is 15.9 Å². The first-order chi connectivity index (χ1) is 14.0. The van der Waals surface area contributed by atoms with Crippen molar-refractivity contribution in [2.45, 2.75) is 50.0 Å². The zero-order valence-electron chi connectivity index (χ0n) is 16.7. The van der Waals surface area contributed by atoms with Gasteiger partial charge in [-0.05, 0) is 37.5 Å². The Morgan fingerprint density at radius 1 is 1.00 bits per heavy atom. The summed E-state index contributed by atoms with van der Waals surface area (Å²) in [6, 6.07) is 13.1. The molecule has 0 atom stereocenters. The van der Waals surface area contributed by atoms with Gasteiger partial charge in [-0.25, -0.2) is 13.1 Å². The van der Waals surface area contributed by atoms with Crippen LogP contribution >= 0.6 is 0 Å². The molecular weight excluding hydrogens is 386 g/mol. The molecule has 7 heteroatoms. The van der Waals surface area contributed by atoms with Crippen LogP contribution in [-0.4, -0.2) is 31.8 Å². The van der Waals surface area contributed by atoms with Crippen LogP contribution in [0.15, 0.2) is 47.4 Å². The number of hydrogen-bond acceptors (Lipinski definition) is 5. The minimum Gasteiger partial charge on any atom is -0.479 e. The van der Waals surface area contributed by atoms with Crippen molar-refractivity contribution in [2.75, 3.05) is 7.11 Å². The Morgan fingerprint density at radius 2 is 1.72 bits per heavy atom. The third-order valence-electron chi connectivity index (χ3n) is 5.52. The van der Waals surface area contributed by atoms with Gasteiger partial charge in [0.05, 0.1) is 12.0 Å². The number of aryl methyl sites for hydroxylation is 1. The van der Waals surface area contributed by atoms with Gasteiger partial charge in [0, 0.05) is 22.4 Å². The molecule has 0 amide bonds. The van der Waals surface area contributed by atoms with E-state index in [1.54, 1.807) is 13.2 Å². The van der Waals surface area contributed by atoms with Crippen molar-refractivity contribution < 1.29 is 13.2 Å². The van der Waals surface area contributed by atoms with Gasteiger partial charge in [-0.1, -0.05) is 49.6 Å². The zero-order chi connectivity index (χ0) is 20.4. The Labute approximate surface area is 171 Å². The van der Waals surface area contributed by atoms with Crippen LogP contribution < -0.4 is 9.46 Å². The van der Waals surface area contributed by atoms with E-state index in [2.05, 4.69) is 14.9 Å². The number of hydrogen-bond donors (Lipinski definition) is 1. The largest absolute Gasteiger partial charge is 0.479 e. The highest BCUT2D eigenvalue weighted by Gasteiger charge is 2.24. The lowest BCUT2D eigenvalue weighted by molar-refractivity contribution is 0.398. The molecular formula is C22H25N3O3S. The molecule has 1 aliphatic carbocycles. The van der Waals surface area contributed by atoms with Crippen molar-refractivity contribution in [2.24, 2.45) is 0 Å². The van der Waals surface area contributed by atoms with Gasteiger partial charge in [0.15, 0.2) is 0 Å². The van der Waals surface area contributed by atoms with E-state index < -0.39 is 10.0 Å². The average molecular weight is 412 g/mol. The molecule has 2 aromatic carbocycles. The van der Waals surface area contributed by atoms with Gasteiger partial charge in [0.25, 0.3) is 0 Å². The van der Waals surface area contributed by atoms with Crippen molar-refractivity contribution in [3.8, 4) is 17.1 Å². The summed E-state index contributed by atoms with van der Waals surface area (Å²) in [5, 5.41) is 10.2. The van der Waals surface area contributed by atoms with E-state index in [9.17, 15) is 8.42 Å².